The van der Waals surface area contributed by atoms with Crippen LogP contribution in [0.15, 0.2) is 42.5 Å². The van der Waals surface area contributed by atoms with E-state index in [4.69, 9.17) is 0 Å². The zero-order valence-electron chi connectivity index (χ0n) is 12.4. The van der Waals surface area contributed by atoms with Gasteiger partial charge in [0.15, 0.2) is 0 Å². The molecule has 0 aromatic heterocycles. The van der Waals surface area contributed by atoms with Crippen LogP contribution in [0.1, 0.15) is 18.1 Å². The monoisotopic (exact) mass is 323 g/mol. The molecular weight excluding hydrogens is 307 g/mol. The van der Waals surface area contributed by atoms with Crippen molar-refractivity contribution in [3.63, 3.8) is 0 Å². The molecule has 2 aromatic carbocycles. The van der Waals surface area contributed by atoms with Crippen LogP contribution in [-0.4, -0.2) is 17.6 Å². The number of amides is 1. The first-order valence-electron chi connectivity index (χ1n) is 6.97. The second-order valence-corrected chi connectivity index (χ2v) is 5.48. The third kappa shape index (κ3) is 4.56. The molecule has 122 valence electrons. The van der Waals surface area contributed by atoms with Crippen molar-refractivity contribution < 1.29 is 23.1 Å². The average Bonchev–Trinajstić information content (AvgIpc) is 2.45. The Balaban J connectivity index is 1.99. The number of nitrogens with one attached hydrogen (secondary N) is 1. The minimum absolute atomic E-state index is 0.0697. The van der Waals surface area contributed by atoms with Gasteiger partial charge in [-0.3, -0.25) is 4.79 Å². The fraction of sp³-hybridized carbons (Fsp3) is 0.235. The van der Waals surface area contributed by atoms with E-state index in [2.05, 4.69) is 5.32 Å². The van der Waals surface area contributed by atoms with Gasteiger partial charge in [-0.15, -0.1) is 0 Å². The first-order valence-corrected chi connectivity index (χ1v) is 6.97. The van der Waals surface area contributed by atoms with Crippen molar-refractivity contribution in [2.24, 2.45) is 0 Å². The highest BCUT2D eigenvalue weighted by molar-refractivity contribution is 5.78. The maximum absolute atomic E-state index is 13.7. The summed E-state index contributed by atoms with van der Waals surface area (Å²) in [5.41, 5.74) is -1.34. The van der Waals surface area contributed by atoms with Crippen LogP contribution in [0, 0.1) is 17.5 Å². The van der Waals surface area contributed by atoms with Gasteiger partial charge in [0.25, 0.3) is 0 Å². The first-order chi connectivity index (χ1) is 10.8. The van der Waals surface area contributed by atoms with E-state index < -0.39 is 29.0 Å². The number of rotatable bonds is 5. The minimum Gasteiger partial charge on any atom is -0.383 e. The molecule has 1 atom stereocenters. The third-order valence-corrected chi connectivity index (χ3v) is 3.39. The lowest BCUT2D eigenvalue weighted by Gasteiger charge is -2.24. The molecule has 0 bridgehead atoms. The number of halogens is 3. The summed E-state index contributed by atoms with van der Waals surface area (Å²) < 4.78 is 39.7. The molecule has 0 spiro atoms. The Labute approximate surface area is 131 Å². The highest BCUT2D eigenvalue weighted by atomic mass is 19.1. The van der Waals surface area contributed by atoms with Crippen LogP contribution >= 0.6 is 0 Å². The maximum atomic E-state index is 13.7. The SMILES string of the molecule is CC(O)(CNC(=O)Cc1cccc(F)c1)c1ccc(F)cc1F. The lowest BCUT2D eigenvalue weighted by atomic mass is 9.95. The fourth-order valence-electron chi connectivity index (χ4n) is 2.19. The van der Waals surface area contributed by atoms with Gasteiger partial charge < -0.3 is 10.4 Å². The van der Waals surface area contributed by atoms with Gasteiger partial charge in [0.2, 0.25) is 5.91 Å². The summed E-state index contributed by atoms with van der Waals surface area (Å²) in [4.78, 5) is 11.8. The highest BCUT2D eigenvalue weighted by Gasteiger charge is 2.27. The Morgan fingerprint density at radius 1 is 1.13 bits per heavy atom. The van der Waals surface area contributed by atoms with Crippen LogP contribution in [0.2, 0.25) is 0 Å². The molecule has 0 saturated carbocycles. The molecule has 2 N–H and O–H groups in total. The first kappa shape index (κ1) is 17.0. The highest BCUT2D eigenvalue weighted by Crippen LogP contribution is 2.23. The van der Waals surface area contributed by atoms with E-state index in [9.17, 15) is 23.1 Å². The molecule has 0 aliphatic rings. The van der Waals surface area contributed by atoms with Crippen molar-refractivity contribution in [3.05, 3.63) is 71.0 Å². The zero-order valence-corrected chi connectivity index (χ0v) is 12.4. The number of aliphatic hydroxyl groups is 1. The Morgan fingerprint density at radius 3 is 2.48 bits per heavy atom. The predicted octanol–water partition coefficient (Wildman–Crippen LogP) is 2.67. The summed E-state index contributed by atoms with van der Waals surface area (Å²) in [6.45, 7) is 1.05. The van der Waals surface area contributed by atoms with Gasteiger partial charge in [-0.25, -0.2) is 13.2 Å². The van der Waals surface area contributed by atoms with Crippen molar-refractivity contribution in [1.29, 1.82) is 0 Å². The smallest absolute Gasteiger partial charge is 0.224 e. The van der Waals surface area contributed by atoms with E-state index >= 15 is 0 Å². The van der Waals surface area contributed by atoms with Crippen molar-refractivity contribution in [2.75, 3.05) is 6.54 Å². The van der Waals surface area contributed by atoms with E-state index in [-0.39, 0.29) is 18.5 Å². The molecule has 0 fully saturated rings. The Morgan fingerprint density at radius 2 is 1.83 bits per heavy atom. The molecule has 2 rings (SSSR count). The molecule has 0 aliphatic heterocycles. The van der Waals surface area contributed by atoms with Crippen LogP contribution in [0.4, 0.5) is 13.2 Å². The molecule has 0 heterocycles. The van der Waals surface area contributed by atoms with Gasteiger partial charge >= 0.3 is 0 Å². The zero-order chi connectivity index (χ0) is 17.0. The molecule has 6 heteroatoms. The topological polar surface area (TPSA) is 49.3 Å². The largest absolute Gasteiger partial charge is 0.383 e. The normalized spacial score (nSPS) is 13.4. The summed E-state index contributed by atoms with van der Waals surface area (Å²) >= 11 is 0. The number of carbonyl (C=O) groups is 1. The lowest BCUT2D eigenvalue weighted by Crippen LogP contribution is -2.39. The molecule has 0 radical (unpaired) electrons. The van der Waals surface area contributed by atoms with Crippen LogP contribution in [0.25, 0.3) is 0 Å². The van der Waals surface area contributed by atoms with Gasteiger partial charge in [0.05, 0.1) is 13.0 Å². The van der Waals surface area contributed by atoms with E-state index in [1.807, 2.05) is 0 Å². The van der Waals surface area contributed by atoms with Gasteiger partial charge in [0, 0.05) is 11.6 Å². The van der Waals surface area contributed by atoms with Crippen molar-refractivity contribution in [3.8, 4) is 0 Å². The van der Waals surface area contributed by atoms with Gasteiger partial charge in [-0.2, -0.15) is 0 Å². The quantitative estimate of drug-likeness (QED) is 0.889. The fourth-order valence-corrected chi connectivity index (χ4v) is 2.19. The van der Waals surface area contributed by atoms with Crippen LogP contribution in [0.3, 0.4) is 0 Å². The summed E-state index contributed by atoms with van der Waals surface area (Å²) in [5.74, 6) is -2.54. The summed E-state index contributed by atoms with van der Waals surface area (Å²) in [7, 11) is 0. The predicted molar refractivity (Wildman–Crippen MR) is 79.0 cm³/mol. The molecular formula is C17H16F3NO2. The van der Waals surface area contributed by atoms with Crippen LogP contribution < -0.4 is 5.32 Å². The maximum Gasteiger partial charge on any atom is 0.224 e. The number of hydrogen-bond donors (Lipinski definition) is 2. The molecule has 0 aliphatic carbocycles. The summed E-state index contributed by atoms with van der Waals surface area (Å²) in [5, 5.41) is 12.7. The number of benzene rings is 2. The van der Waals surface area contributed by atoms with E-state index in [0.29, 0.717) is 11.6 Å². The van der Waals surface area contributed by atoms with Crippen molar-refractivity contribution in [2.45, 2.75) is 18.9 Å². The Bertz CT molecular complexity index is 717. The lowest BCUT2D eigenvalue weighted by molar-refractivity contribution is -0.121. The average molecular weight is 323 g/mol. The summed E-state index contributed by atoms with van der Waals surface area (Å²) in [6.07, 6.45) is -0.0697. The molecule has 1 amide bonds. The van der Waals surface area contributed by atoms with Crippen LogP contribution in [-0.2, 0) is 16.8 Å². The van der Waals surface area contributed by atoms with Gasteiger partial charge in [-0.05, 0) is 30.7 Å². The Hall–Kier alpha value is -2.34. The van der Waals surface area contributed by atoms with Gasteiger partial charge in [-0.1, -0.05) is 18.2 Å². The second kappa shape index (κ2) is 6.83. The third-order valence-electron chi connectivity index (χ3n) is 3.39. The van der Waals surface area contributed by atoms with Gasteiger partial charge in [0.1, 0.15) is 23.1 Å². The summed E-state index contributed by atoms with van der Waals surface area (Å²) in [6, 6.07) is 8.41. The van der Waals surface area contributed by atoms with E-state index in [0.717, 1.165) is 12.1 Å². The standard InChI is InChI=1S/C17H16F3NO2/c1-17(23,14-6-5-13(19)9-15(14)20)10-21-16(22)8-11-3-2-4-12(18)7-11/h2-7,9,23H,8,10H2,1H3,(H,21,22). The molecule has 23 heavy (non-hydrogen) atoms. The molecule has 1 unspecified atom stereocenters. The molecule has 2 aromatic rings. The molecule has 0 saturated heterocycles. The Kier molecular flexibility index (Phi) is 5.05. The minimum atomic E-state index is -1.70. The second-order valence-electron chi connectivity index (χ2n) is 5.48. The number of carbonyl (C=O) groups excluding carboxylic acids is 1. The van der Waals surface area contributed by atoms with Crippen molar-refractivity contribution >= 4 is 5.91 Å². The van der Waals surface area contributed by atoms with E-state index in [1.54, 1.807) is 6.07 Å². The van der Waals surface area contributed by atoms with E-state index in [1.165, 1.54) is 25.1 Å². The van der Waals surface area contributed by atoms with Crippen LogP contribution in [0.5, 0.6) is 0 Å². The van der Waals surface area contributed by atoms with Crippen molar-refractivity contribution in [1.82, 2.24) is 5.32 Å². The molecule has 3 nitrogen and oxygen atoms in total. The number of hydrogen-bond acceptors (Lipinski definition) is 2.